The van der Waals surface area contributed by atoms with Crippen molar-refractivity contribution < 1.29 is 19.4 Å². The number of esters is 1. The molecule has 0 bridgehead atoms. The SMILES string of the molecule is CCOC(=O)C1=C(C)N=c2sc(=Cc3ccc(O)c(OC)c3)c(=O)n2[C@@H]1c1cccc2ccccc12. The highest BCUT2D eigenvalue weighted by molar-refractivity contribution is 7.07. The molecule has 0 saturated heterocycles. The molecule has 1 atom stereocenters. The molecule has 7 nitrogen and oxygen atoms in total. The van der Waals surface area contributed by atoms with Gasteiger partial charge in [-0.3, -0.25) is 9.36 Å². The van der Waals surface area contributed by atoms with Crippen molar-refractivity contribution in [1.82, 2.24) is 4.57 Å². The van der Waals surface area contributed by atoms with Gasteiger partial charge in [-0.1, -0.05) is 59.9 Å². The van der Waals surface area contributed by atoms with E-state index in [1.165, 1.54) is 24.5 Å². The molecule has 0 saturated carbocycles. The van der Waals surface area contributed by atoms with Crippen LogP contribution in [0.2, 0.25) is 0 Å². The van der Waals surface area contributed by atoms with Gasteiger partial charge in [-0.05, 0) is 54.0 Å². The van der Waals surface area contributed by atoms with Gasteiger partial charge < -0.3 is 14.6 Å². The number of thiazole rings is 1. The van der Waals surface area contributed by atoms with Crippen LogP contribution in [0, 0.1) is 0 Å². The van der Waals surface area contributed by atoms with E-state index in [0.717, 1.165) is 16.3 Å². The molecular weight excluding hydrogens is 476 g/mol. The average molecular weight is 501 g/mol. The van der Waals surface area contributed by atoms with E-state index in [-0.39, 0.29) is 17.9 Å². The van der Waals surface area contributed by atoms with Crippen molar-refractivity contribution in [3.05, 3.63) is 103 Å². The second kappa shape index (κ2) is 9.47. The third kappa shape index (κ3) is 3.99. The van der Waals surface area contributed by atoms with E-state index in [4.69, 9.17) is 9.47 Å². The van der Waals surface area contributed by atoms with Crippen molar-refractivity contribution in [2.75, 3.05) is 13.7 Å². The molecule has 3 aromatic carbocycles. The first-order valence-corrected chi connectivity index (χ1v) is 12.3. The van der Waals surface area contributed by atoms with Gasteiger partial charge in [0.05, 0.1) is 35.6 Å². The summed E-state index contributed by atoms with van der Waals surface area (Å²) in [6.07, 6.45) is 1.73. The predicted octanol–water partition coefficient (Wildman–Crippen LogP) is 3.67. The van der Waals surface area contributed by atoms with E-state index in [0.29, 0.717) is 31.9 Å². The Balaban J connectivity index is 1.78. The lowest BCUT2D eigenvalue weighted by molar-refractivity contribution is -0.139. The minimum atomic E-state index is -0.692. The van der Waals surface area contributed by atoms with Crippen molar-refractivity contribution in [2.24, 2.45) is 4.99 Å². The number of fused-ring (bicyclic) bond motifs is 2. The number of hydrogen-bond donors (Lipinski definition) is 1. The third-order valence-electron chi connectivity index (χ3n) is 6.14. The van der Waals surface area contributed by atoms with Gasteiger partial charge in [0, 0.05) is 0 Å². The van der Waals surface area contributed by atoms with Gasteiger partial charge in [-0.25, -0.2) is 9.79 Å². The Morgan fingerprint density at radius 1 is 1.17 bits per heavy atom. The van der Waals surface area contributed by atoms with Crippen molar-refractivity contribution in [3.63, 3.8) is 0 Å². The Labute approximate surface area is 210 Å². The van der Waals surface area contributed by atoms with E-state index in [2.05, 4.69) is 4.99 Å². The molecule has 8 heteroatoms. The van der Waals surface area contributed by atoms with Crippen LogP contribution in [-0.2, 0) is 9.53 Å². The van der Waals surface area contributed by atoms with Crippen LogP contribution in [-0.4, -0.2) is 29.4 Å². The maximum Gasteiger partial charge on any atom is 0.338 e. The molecule has 0 radical (unpaired) electrons. The van der Waals surface area contributed by atoms with E-state index in [1.54, 1.807) is 36.6 Å². The van der Waals surface area contributed by atoms with Crippen LogP contribution in [0.5, 0.6) is 11.5 Å². The van der Waals surface area contributed by atoms with E-state index in [1.807, 2.05) is 42.5 Å². The number of rotatable bonds is 5. The van der Waals surface area contributed by atoms with Gasteiger partial charge in [-0.2, -0.15) is 0 Å². The number of benzene rings is 3. The number of hydrogen-bond acceptors (Lipinski definition) is 7. The Bertz CT molecular complexity index is 1710. The highest BCUT2D eigenvalue weighted by atomic mass is 32.1. The number of aromatic nitrogens is 1. The van der Waals surface area contributed by atoms with Gasteiger partial charge in [0.25, 0.3) is 5.56 Å². The number of carbonyl (C=O) groups is 1. The van der Waals surface area contributed by atoms with Crippen LogP contribution in [0.15, 0.2) is 81.7 Å². The standard InChI is InChI=1S/C28H24N2O5S/c1-4-35-27(33)24-16(2)29-28-30(25(24)20-11-7-9-18-8-5-6-10-19(18)20)26(32)23(36-28)15-17-12-13-21(31)22(14-17)34-3/h5-15,25,31H,4H2,1-3H3/t25-/m1/s1. The summed E-state index contributed by atoms with van der Waals surface area (Å²) in [5, 5.41) is 11.9. The maximum absolute atomic E-state index is 13.8. The Morgan fingerprint density at radius 3 is 2.72 bits per heavy atom. The van der Waals surface area contributed by atoms with E-state index < -0.39 is 12.0 Å². The molecular formula is C28H24N2O5S. The fraction of sp³-hybridized carbons (Fsp3) is 0.179. The lowest BCUT2D eigenvalue weighted by Gasteiger charge is -2.25. The minimum absolute atomic E-state index is 0.0155. The second-order valence-electron chi connectivity index (χ2n) is 8.30. The zero-order chi connectivity index (χ0) is 25.4. The summed E-state index contributed by atoms with van der Waals surface area (Å²) < 4.78 is 12.6. The number of aromatic hydroxyl groups is 1. The van der Waals surface area contributed by atoms with Crippen molar-refractivity contribution in [1.29, 1.82) is 0 Å². The van der Waals surface area contributed by atoms with E-state index >= 15 is 0 Å². The van der Waals surface area contributed by atoms with Crippen LogP contribution in [0.1, 0.15) is 31.0 Å². The molecule has 4 aromatic rings. The highest BCUT2D eigenvalue weighted by Gasteiger charge is 2.34. The lowest BCUT2D eigenvalue weighted by atomic mass is 9.91. The molecule has 1 N–H and O–H groups in total. The Hall–Kier alpha value is -4.17. The topological polar surface area (TPSA) is 90.1 Å². The number of phenolic OH excluding ortho intramolecular Hbond substituents is 1. The molecule has 36 heavy (non-hydrogen) atoms. The summed E-state index contributed by atoms with van der Waals surface area (Å²) in [4.78, 5) is 32.1. The normalized spacial score (nSPS) is 15.5. The molecule has 0 aliphatic carbocycles. The average Bonchev–Trinajstić information content (AvgIpc) is 3.18. The first kappa shape index (κ1) is 23.6. The molecule has 1 aliphatic rings. The van der Waals surface area contributed by atoms with Crippen LogP contribution in [0.3, 0.4) is 0 Å². The molecule has 1 aliphatic heterocycles. The fourth-order valence-corrected chi connectivity index (χ4v) is 5.56. The van der Waals surface area contributed by atoms with Crippen molar-refractivity contribution in [2.45, 2.75) is 19.9 Å². The number of ether oxygens (including phenoxy) is 2. The maximum atomic E-state index is 13.8. The minimum Gasteiger partial charge on any atom is -0.504 e. The van der Waals surface area contributed by atoms with Crippen molar-refractivity contribution >= 4 is 34.2 Å². The van der Waals surface area contributed by atoms with Gasteiger partial charge in [-0.15, -0.1) is 0 Å². The smallest absolute Gasteiger partial charge is 0.338 e. The van der Waals surface area contributed by atoms with Gasteiger partial charge in [0.15, 0.2) is 16.3 Å². The van der Waals surface area contributed by atoms with Gasteiger partial charge in [0.1, 0.15) is 0 Å². The number of carbonyl (C=O) groups excluding carboxylic acids is 1. The largest absolute Gasteiger partial charge is 0.504 e. The zero-order valence-corrected chi connectivity index (χ0v) is 20.8. The van der Waals surface area contributed by atoms with E-state index in [9.17, 15) is 14.7 Å². The highest BCUT2D eigenvalue weighted by Crippen LogP contribution is 2.35. The summed E-state index contributed by atoms with van der Waals surface area (Å²) in [5.41, 5.74) is 2.12. The molecule has 0 unspecified atom stereocenters. The first-order chi connectivity index (χ1) is 17.4. The summed E-state index contributed by atoms with van der Waals surface area (Å²) >= 11 is 1.25. The van der Waals surface area contributed by atoms with Crippen LogP contribution in [0.4, 0.5) is 0 Å². The molecule has 2 heterocycles. The predicted molar refractivity (Wildman–Crippen MR) is 139 cm³/mol. The van der Waals surface area contributed by atoms with Crippen LogP contribution >= 0.6 is 11.3 Å². The molecule has 5 rings (SSSR count). The number of allylic oxidation sites excluding steroid dienone is 1. The molecule has 0 fully saturated rings. The third-order valence-corrected chi connectivity index (χ3v) is 7.12. The summed E-state index contributed by atoms with van der Waals surface area (Å²) in [7, 11) is 1.47. The fourth-order valence-electron chi connectivity index (χ4n) is 4.51. The summed E-state index contributed by atoms with van der Waals surface area (Å²) in [6, 6.07) is 17.9. The molecule has 0 amide bonds. The van der Waals surface area contributed by atoms with Crippen molar-refractivity contribution in [3.8, 4) is 11.5 Å². The number of methoxy groups -OCH3 is 1. The van der Waals surface area contributed by atoms with Gasteiger partial charge >= 0.3 is 5.97 Å². The molecule has 182 valence electrons. The summed E-state index contributed by atoms with van der Waals surface area (Å²) in [6.45, 7) is 3.74. The quantitative estimate of drug-likeness (QED) is 0.423. The first-order valence-electron chi connectivity index (χ1n) is 11.5. The second-order valence-corrected chi connectivity index (χ2v) is 9.31. The van der Waals surface area contributed by atoms with Gasteiger partial charge in [0.2, 0.25) is 0 Å². The summed E-state index contributed by atoms with van der Waals surface area (Å²) in [5.74, 6) is -0.165. The monoisotopic (exact) mass is 500 g/mol. The lowest BCUT2D eigenvalue weighted by Crippen LogP contribution is -2.40. The number of nitrogens with zero attached hydrogens (tertiary/aromatic N) is 2. The Morgan fingerprint density at radius 2 is 1.94 bits per heavy atom. The van der Waals surface area contributed by atoms with Crippen LogP contribution < -0.4 is 19.6 Å². The molecule has 1 aromatic heterocycles. The Kier molecular flexibility index (Phi) is 6.20. The molecule has 0 spiro atoms. The zero-order valence-electron chi connectivity index (χ0n) is 20.0. The van der Waals surface area contributed by atoms with Crippen LogP contribution in [0.25, 0.3) is 16.8 Å². The number of phenols is 1.